The van der Waals surface area contributed by atoms with Gasteiger partial charge in [0.15, 0.2) is 0 Å². The van der Waals surface area contributed by atoms with E-state index in [0.717, 1.165) is 0 Å². The smallest absolute Gasteiger partial charge is 0.303 e. The molecule has 0 spiro atoms. The molecule has 0 radical (unpaired) electrons. The topological polar surface area (TPSA) is 58.6 Å². The third-order valence-corrected chi connectivity index (χ3v) is 2.62. The molecule has 0 aliphatic heterocycles. The van der Waals surface area contributed by atoms with Crippen LogP contribution in [0.4, 0.5) is 4.39 Å². The molecule has 1 aromatic carbocycles. The van der Waals surface area contributed by atoms with Crippen molar-refractivity contribution in [1.29, 1.82) is 0 Å². The SMILES string of the molecule is O=c1nc2c(F)cccc2c(-c2ccccn2)[nH]1. The van der Waals surface area contributed by atoms with E-state index in [1.807, 2.05) is 0 Å². The zero-order valence-electron chi connectivity index (χ0n) is 9.22. The molecule has 3 aromatic rings. The second kappa shape index (κ2) is 4.03. The van der Waals surface area contributed by atoms with E-state index in [2.05, 4.69) is 15.0 Å². The predicted octanol–water partition coefficient (Wildman–Crippen LogP) is 2.12. The summed E-state index contributed by atoms with van der Waals surface area (Å²) >= 11 is 0. The van der Waals surface area contributed by atoms with Gasteiger partial charge in [-0.25, -0.2) is 9.18 Å². The standard InChI is InChI=1S/C13H8FN3O/c14-9-5-3-4-8-11(9)16-13(18)17-12(8)10-6-1-2-7-15-10/h1-7H,(H,16,17,18). The van der Waals surface area contributed by atoms with Crippen LogP contribution in [0.25, 0.3) is 22.3 Å². The lowest BCUT2D eigenvalue weighted by Crippen LogP contribution is -2.12. The molecule has 0 bridgehead atoms. The molecule has 88 valence electrons. The number of nitrogens with one attached hydrogen (secondary N) is 1. The van der Waals surface area contributed by atoms with Crippen LogP contribution >= 0.6 is 0 Å². The van der Waals surface area contributed by atoms with Crippen LogP contribution < -0.4 is 5.69 Å². The Morgan fingerprint density at radius 3 is 2.78 bits per heavy atom. The van der Waals surface area contributed by atoms with E-state index >= 15 is 0 Å². The van der Waals surface area contributed by atoms with Crippen LogP contribution in [0.5, 0.6) is 0 Å². The molecule has 5 heteroatoms. The molecule has 0 fully saturated rings. The van der Waals surface area contributed by atoms with Gasteiger partial charge in [0.05, 0.1) is 11.4 Å². The van der Waals surface area contributed by atoms with E-state index in [9.17, 15) is 9.18 Å². The fourth-order valence-electron chi connectivity index (χ4n) is 1.85. The molecule has 0 saturated heterocycles. The summed E-state index contributed by atoms with van der Waals surface area (Å²) in [6, 6.07) is 9.86. The molecule has 0 atom stereocenters. The van der Waals surface area contributed by atoms with Gasteiger partial charge in [0.1, 0.15) is 11.3 Å². The molecule has 1 N–H and O–H groups in total. The second-order valence-electron chi connectivity index (χ2n) is 3.77. The Kier molecular flexibility index (Phi) is 2.37. The maximum absolute atomic E-state index is 13.6. The number of aromatic nitrogens is 3. The van der Waals surface area contributed by atoms with Crippen LogP contribution in [-0.2, 0) is 0 Å². The summed E-state index contributed by atoms with van der Waals surface area (Å²) in [7, 11) is 0. The van der Waals surface area contributed by atoms with Crippen molar-refractivity contribution in [2.45, 2.75) is 0 Å². The van der Waals surface area contributed by atoms with Gasteiger partial charge in [-0.05, 0) is 18.2 Å². The van der Waals surface area contributed by atoms with Crippen molar-refractivity contribution in [3.63, 3.8) is 0 Å². The van der Waals surface area contributed by atoms with Gasteiger partial charge in [0.2, 0.25) is 0 Å². The second-order valence-corrected chi connectivity index (χ2v) is 3.77. The number of hydrogen-bond donors (Lipinski definition) is 1. The average molecular weight is 241 g/mol. The van der Waals surface area contributed by atoms with Gasteiger partial charge in [0, 0.05) is 11.6 Å². The third-order valence-electron chi connectivity index (χ3n) is 2.62. The minimum absolute atomic E-state index is 0.0573. The highest BCUT2D eigenvalue weighted by atomic mass is 19.1. The molecule has 2 aromatic heterocycles. The number of aromatic amines is 1. The summed E-state index contributed by atoms with van der Waals surface area (Å²) in [5.74, 6) is -0.518. The number of rotatable bonds is 1. The highest BCUT2D eigenvalue weighted by Crippen LogP contribution is 2.23. The average Bonchev–Trinajstić information content (AvgIpc) is 2.40. The monoisotopic (exact) mass is 241 g/mol. The molecule has 0 aliphatic carbocycles. The van der Waals surface area contributed by atoms with Crippen molar-refractivity contribution in [2.75, 3.05) is 0 Å². The Bertz CT molecular complexity index is 768. The Labute approximate surface area is 101 Å². The van der Waals surface area contributed by atoms with E-state index in [0.29, 0.717) is 16.8 Å². The van der Waals surface area contributed by atoms with Gasteiger partial charge in [-0.1, -0.05) is 18.2 Å². The first-order chi connectivity index (χ1) is 8.75. The van der Waals surface area contributed by atoms with Gasteiger partial charge >= 0.3 is 5.69 Å². The molecule has 4 nitrogen and oxygen atoms in total. The highest BCUT2D eigenvalue weighted by molar-refractivity contribution is 5.91. The summed E-state index contributed by atoms with van der Waals surface area (Å²) in [5.41, 5.74) is 0.521. The number of nitrogens with zero attached hydrogens (tertiary/aromatic N) is 2. The van der Waals surface area contributed by atoms with Gasteiger partial charge in [-0.15, -0.1) is 0 Å². The van der Waals surface area contributed by atoms with Crippen molar-refractivity contribution in [1.82, 2.24) is 15.0 Å². The van der Waals surface area contributed by atoms with E-state index in [4.69, 9.17) is 0 Å². The van der Waals surface area contributed by atoms with Gasteiger partial charge in [0.25, 0.3) is 0 Å². The lowest BCUT2D eigenvalue weighted by Gasteiger charge is -2.05. The number of benzene rings is 1. The maximum atomic E-state index is 13.6. The lowest BCUT2D eigenvalue weighted by molar-refractivity contribution is 0.636. The number of pyridine rings is 1. The molecule has 0 amide bonds. The van der Waals surface area contributed by atoms with Crippen LogP contribution in [-0.4, -0.2) is 15.0 Å². The van der Waals surface area contributed by atoms with Crippen LogP contribution in [0.1, 0.15) is 0 Å². The fraction of sp³-hybridized carbons (Fsp3) is 0. The molecule has 18 heavy (non-hydrogen) atoms. The van der Waals surface area contributed by atoms with Crippen LogP contribution in [0.3, 0.4) is 0 Å². The molecule has 0 unspecified atom stereocenters. The maximum Gasteiger partial charge on any atom is 0.346 e. The minimum Gasteiger partial charge on any atom is -0.303 e. The van der Waals surface area contributed by atoms with Gasteiger partial charge in [-0.2, -0.15) is 4.98 Å². The van der Waals surface area contributed by atoms with Crippen molar-refractivity contribution < 1.29 is 4.39 Å². The van der Waals surface area contributed by atoms with E-state index in [-0.39, 0.29) is 5.52 Å². The zero-order chi connectivity index (χ0) is 12.5. The third kappa shape index (κ3) is 1.66. The Morgan fingerprint density at radius 2 is 2.00 bits per heavy atom. The normalized spacial score (nSPS) is 10.7. The van der Waals surface area contributed by atoms with Gasteiger partial charge < -0.3 is 4.98 Å². The molecular weight excluding hydrogens is 233 g/mol. The molecule has 0 saturated carbocycles. The fourth-order valence-corrected chi connectivity index (χ4v) is 1.85. The summed E-state index contributed by atoms with van der Waals surface area (Å²) in [6.45, 7) is 0. The largest absolute Gasteiger partial charge is 0.346 e. The number of para-hydroxylation sites is 1. The summed E-state index contributed by atoms with van der Waals surface area (Å²) in [6.07, 6.45) is 1.61. The number of hydrogen-bond acceptors (Lipinski definition) is 3. The van der Waals surface area contributed by atoms with E-state index in [1.165, 1.54) is 6.07 Å². The Hall–Kier alpha value is -2.56. The molecule has 2 heterocycles. The predicted molar refractivity (Wildman–Crippen MR) is 65.6 cm³/mol. The van der Waals surface area contributed by atoms with E-state index in [1.54, 1.807) is 36.5 Å². The van der Waals surface area contributed by atoms with Crippen molar-refractivity contribution in [2.24, 2.45) is 0 Å². The van der Waals surface area contributed by atoms with Gasteiger partial charge in [-0.3, -0.25) is 4.98 Å². The first kappa shape index (κ1) is 10.6. The van der Waals surface area contributed by atoms with Crippen molar-refractivity contribution in [3.8, 4) is 11.4 Å². The first-order valence-electron chi connectivity index (χ1n) is 5.35. The van der Waals surface area contributed by atoms with Crippen LogP contribution in [0.15, 0.2) is 47.4 Å². The zero-order valence-corrected chi connectivity index (χ0v) is 9.22. The lowest BCUT2D eigenvalue weighted by atomic mass is 10.1. The summed E-state index contributed by atoms with van der Waals surface area (Å²) in [4.78, 5) is 21.9. The Morgan fingerprint density at radius 1 is 1.11 bits per heavy atom. The Balaban J connectivity index is 2.43. The summed E-state index contributed by atoms with van der Waals surface area (Å²) in [5, 5.41) is 0.535. The number of H-pyrrole nitrogens is 1. The van der Waals surface area contributed by atoms with Crippen molar-refractivity contribution in [3.05, 3.63) is 58.9 Å². The quantitative estimate of drug-likeness (QED) is 0.710. The van der Waals surface area contributed by atoms with Crippen LogP contribution in [0.2, 0.25) is 0 Å². The minimum atomic E-state index is -0.590. The molecule has 3 rings (SSSR count). The van der Waals surface area contributed by atoms with E-state index < -0.39 is 11.5 Å². The number of fused-ring (bicyclic) bond motifs is 1. The van der Waals surface area contributed by atoms with Crippen LogP contribution in [0, 0.1) is 5.82 Å². The molecular formula is C13H8FN3O. The molecule has 0 aliphatic rings. The number of halogens is 1. The first-order valence-corrected chi connectivity index (χ1v) is 5.35. The summed E-state index contributed by atoms with van der Waals surface area (Å²) < 4.78 is 13.6. The van der Waals surface area contributed by atoms with Crippen molar-refractivity contribution >= 4 is 10.9 Å². The highest BCUT2D eigenvalue weighted by Gasteiger charge is 2.10.